The second-order valence-electron chi connectivity index (χ2n) is 21.9. The highest BCUT2D eigenvalue weighted by Crippen LogP contribution is 2.60. The van der Waals surface area contributed by atoms with Crippen LogP contribution in [0, 0.1) is 13.8 Å². The summed E-state index contributed by atoms with van der Waals surface area (Å²) in [5.41, 5.74) is 27.6. The van der Waals surface area contributed by atoms with Gasteiger partial charge in [0.1, 0.15) is 0 Å². The van der Waals surface area contributed by atoms with Gasteiger partial charge in [0.05, 0.1) is 22.5 Å². The van der Waals surface area contributed by atoms with E-state index in [1.807, 2.05) is 0 Å². The lowest BCUT2D eigenvalue weighted by Gasteiger charge is -2.51. The average Bonchev–Trinajstić information content (AvgIpc) is 3.79. The molecule has 13 rings (SSSR count). The van der Waals surface area contributed by atoms with Crippen molar-refractivity contribution in [1.29, 1.82) is 0 Å². The van der Waals surface area contributed by atoms with Crippen molar-refractivity contribution in [2.75, 3.05) is 4.90 Å². The van der Waals surface area contributed by atoms with Gasteiger partial charge in [0.2, 0.25) is 20.1 Å². The van der Waals surface area contributed by atoms with E-state index in [1.54, 1.807) is 0 Å². The Morgan fingerprint density at radius 1 is 0.408 bits per heavy atom. The molecule has 0 saturated carbocycles. The van der Waals surface area contributed by atoms with Gasteiger partial charge in [0.25, 0.3) is 0 Å². The number of nitrogens with zero attached hydrogens (tertiary/aromatic N) is 1. The third kappa shape index (κ3) is 7.25. The van der Waals surface area contributed by atoms with Gasteiger partial charge in [-0.15, -0.1) is 0 Å². The van der Waals surface area contributed by atoms with Gasteiger partial charge in [-0.2, -0.15) is 0 Å². The molecule has 1 nitrogen and oxygen atoms in total. The van der Waals surface area contributed by atoms with Crippen LogP contribution in [-0.4, -0.2) is 20.1 Å². The summed E-state index contributed by atoms with van der Waals surface area (Å²) in [6, 6.07) is 92.5. The minimum Gasteiger partial charge on any atom is -0.309 e. The Labute approximate surface area is 451 Å². The second kappa shape index (κ2) is 18.8. The number of fused-ring (bicyclic) bond motifs is 9. The molecule has 4 heteroatoms. The summed E-state index contributed by atoms with van der Waals surface area (Å²) in [5, 5.41) is 0. The van der Waals surface area contributed by atoms with E-state index in [9.17, 15) is 0 Å². The summed E-state index contributed by atoms with van der Waals surface area (Å²) in [7, 11) is 0. The molecular weight excluding hydrogens is 911 g/mol. The predicted molar refractivity (Wildman–Crippen MR) is 329 cm³/mol. The van der Waals surface area contributed by atoms with E-state index in [0.717, 1.165) is 0 Å². The Morgan fingerprint density at radius 3 is 1.26 bits per heavy atom. The van der Waals surface area contributed by atoms with Crippen molar-refractivity contribution in [3.63, 3.8) is 0 Å². The van der Waals surface area contributed by atoms with Gasteiger partial charge in [0.15, 0.2) is 0 Å². The van der Waals surface area contributed by atoms with E-state index in [2.05, 4.69) is 301 Å². The molecule has 0 atom stereocenters. The van der Waals surface area contributed by atoms with Gasteiger partial charge in [-0.3, -0.25) is 0 Å². The zero-order valence-electron chi connectivity index (χ0n) is 44.4. The molecule has 362 valence electrons. The maximum absolute atomic E-state index is 2.64. The molecule has 10 aromatic carbocycles. The van der Waals surface area contributed by atoms with Gasteiger partial charge in [-0.1, -0.05) is 311 Å². The molecule has 0 unspecified atom stereocenters. The molecule has 76 heavy (non-hydrogen) atoms. The molecule has 0 fully saturated rings. The maximum atomic E-state index is 2.64. The Kier molecular flexibility index (Phi) is 11.7. The molecule has 0 saturated heterocycles. The molecule has 0 radical (unpaired) electrons. The average molecular weight is 972 g/mol. The van der Waals surface area contributed by atoms with Crippen molar-refractivity contribution in [3.05, 3.63) is 305 Å². The fourth-order valence-corrected chi connectivity index (χ4v) is 14.3. The zero-order chi connectivity index (χ0) is 51.7. The van der Waals surface area contributed by atoms with Gasteiger partial charge >= 0.3 is 0 Å². The normalized spacial score (nSPS) is 14.5. The van der Waals surface area contributed by atoms with Crippen LogP contribution in [0.4, 0.5) is 17.1 Å². The van der Waals surface area contributed by atoms with E-state index in [0.29, 0.717) is 0 Å². The van der Waals surface area contributed by atoms with Crippen LogP contribution >= 0.6 is 0 Å². The lowest BCUT2D eigenvalue weighted by Crippen LogP contribution is -2.65. The molecule has 0 N–H and O–H groups in total. The van der Waals surface area contributed by atoms with E-state index in [1.165, 1.54) is 122 Å². The van der Waals surface area contributed by atoms with Gasteiger partial charge < -0.3 is 4.90 Å². The number of hydrogen-bond acceptors (Lipinski definition) is 1. The topological polar surface area (TPSA) is 3.24 Å². The molecule has 0 bridgehead atoms. The van der Waals surface area contributed by atoms with Crippen LogP contribution in [0.15, 0.2) is 260 Å². The summed E-state index contributed by atoms with van der Waals surface area (Å²) in [5.74, 6) is 0. The molecular formula is C72H60B3N. The standard InChI is InChI=1S/C72H60B3N/c1-7-26-59-51(4)58-37-25-42-68(69(58)71(59,5)6)76-66-40-22-20-38-60(66)72(61-39-21-23-41-67(61)76)62-47-56(73(52-29-12-8-13-30-52)53-31-14-9-15-32-53)43-45-64(62)75(70-49(2)27-24-28-50(70)3)65-46-44-57(48-63(65)72)74(54-33-16-10-17-34-54)55-35-18-11-19-36-55/h7-48H,1-6H3/b26-7-. The van der Waals surface area contributed by atoms with Crippen molar-refractivity contribution in [1.82, 2.24) is 0 Å². The van der Waals surface area contributed by atoms with Crippen LogP contribution in [0.1, 0.15) is 72.2 Å². The largest absolute Gasteiger partial charge is 0.309 e. The van der Waals surface area contributed by atoms with Crippen molar-refractivity contribution >= 4 is 91.9 Å². The fourth-order valence-electron chi connectivity index (χ4n) is 14.3. The third-order valence-corrected chi connectivity index (χ3v) is 17.4. The van der Waals surface area contributed by atoms with Gasteiger partial charge in [-0.05, 0) is 90.4 Å². The first-order valence-electron chi connectivity index (χ1n) is 27.2. The number of hydrogen-bond donors (Lipinski definition) is 0. The number of allylic oxidation sites excluding steroid dienone is 4. The number of aryl methyl sites for hydroxylation is 2. The molecule has 2 heterocycles. The summed E-state index contributed by atoms with van der Waals surface area (Å²) in [6.07, 6.45) is 4.54. The smallest absolute Gasteiger partial charge is 0.242 e. The van der Waals surface area contributed by atoms with Crippen molar-refractivity contribution in [2.45, 2.75) is 52.4 Å². The molecule has 0 aromatic heterocycles. The van der Waals surface area contributed by atoms with E-state index < -0.39 is 5.41 Å². The van der Waals surface area contributed by atoms with Gasteiger partial charge in [-0.25, -0.2) is 0 Å². The summed E-state index contributed by atoms with van der Waals surface area (Å²) in [4.78, 5) is 2.63. The van der Waals surface area contributed by atoms with E-state index in [-0.39, 0.29) is 25.6 Å². The number of anilines is 3. The van der Waals surface area contributed by atoms with Crippen LogP contribution in [0.2, 0.25) is 0 Å². The first-order valence-corrected chi connectivity index (χ1v) is 27.2. The van der Waals surface area contributed by atoms with Gasteiger partial charge in [0, 0.05) is 5.41 Å². The lowest BCUT2D eigenvalue weighted by molar-refractivity contribution is 0.653. The second-order valence-corrected chi connectivity index (χ2v) is 21.9. The molecule has 1 aliphatic carbocycles. The van der Waals surface area contributed by atoms with Crippen LogP contribution < -0.4 is 54.1 Å². The van der Waals surface area contributed by atoms with Crippen molar-refractivity contribution in [3.8, 4) is 0 Å². The highest BCUT2D eigenvalue weighted by atomic mass is 15.2. The minimum atomic E-state index is -0.763. The monoisotopic (exact) mass is 972 g/mol. The Hall–Kier alpha value is -8.33. The zero-order valence-corrected chi connectivity index (χ0v) is 44.4. The predicted octanol–water partition coefficient (Wildman–Crippen LogP) is 11.0. The first-order chi connectivity index (χ1) is 37.2. The quantitative estimate of drug-likeness (QED) is 0.130. The Morgan fingerprint density at radius 2 is 0.816 bits per heavy atom. The molecule has 1 spiro atoms. The fraction of sp³-hybridized carbons (Fsp3) is 0.111. The third-order valence-electron chi connectivity index (χ3n) is 17.4. The summed E-state index contributed by atoms with van der Waals surface area (Å²) in [6.45, 7) is 13.9. The molecule has 2 aliphatic heterocycles. The SMILES string of the molecule is C/C=C\C1=C(C)c2cccc(N3c4ccccc4C4(c5cc(B(c6ccccc6)c6ccccc6)ccc5B(c5c(C)cccc5C)c5ccc(B(c6ccccc6)c6ccccc6)cc54)c4ccccc43)c2C1(C)C. The number of rotatable bonds is 9. The number of para-hydroxylation sites is 2. The van der Waals surface area contributed by atoms with E-state index >= 15 is 0 Å². The Balaban J connectivity index is 1.18. The van der Waals surface area contributed by atoms with Crippen molar-refractivity contribution < 1.29 is 0 Å². The summed E-state index contributed by atoms with van der Waals surface area (Å²) >= 11 is 0. The van der Waals surface area contributed by atoms with Crippen molar-refractivity contribution in [2.24, 2.45) is 0 Å². The maximum Gasteiger partial charge on any atom is 0.242 e. The highest BCUT2D eigenvalue weighted by Gasteiger charge is 2.54. The van der Waals surface area contributed by atoms with E-state index in [4.69, 9.17) is 0 Å². The highest BCUT2D eigenvalue weighted by molar-refractivity contribution is 6.99. The van der Waals surface area contributed by atoms with Crippen LogP contribution in [0.5, 0.6) is 0 Å². The lowest BCUT2D eigenvalue weighted by atomic mass is 9.28. The molecule has 10 aromatic rings. The Bertz CT molecular complexity index is 3630. The molecule has 0 amide bonds. The first kappa shape index (κ1) is 47.4. The van der Waals surface area contributed by atoms with Crippen LogP contribution in [-0.2, 0) is 10.8 Å². The van der Waals surface area contributed by atoms with Crippen LogP contribution in [0.3, 0.4) is 0 Å². The summed E-state index contributed by atoms with van der Waals surface area (Å²) < 4.78 is 0. The number of benzene rings is 10. The molecule has 3 aliphatic rings. The van der Waals surface area contributed by atoms with Crippen LogP contribution in [0.25, 0.3) is 5.57 Å². The minimum absolute atomic E-state index is 0.00140.